The number of hydrogen-bond donors (Lipinski definition) is 3. The Bertz CT molecular complexity index is 707. The van der Waals surface area contributed by atoms with Gasteiger partial charge < -0.3 is 20.7 Å². The zero-order valence-corrected chi connectivity index (χ0v) is 11.0. The molecule has 0 unspecified atom stereocenters. The second-order valence-corrected chi connectivity index (χ2v) is 4.27. The van der Waals surface area contributed by atoms with E-state index in [4.69, 9.17) is 5.73 Å². The molecule has 4 N–H and O–H groups in total. The van der Waals surface area contributed by atoms with Crippen molar-refractivity contribution in [3.8, 4) is 5.75 Å². The van der Waals surface area contributed by atoms with Gasteiger partial charge in [0.15, 0.2) is 0 Å². The van der Waals surface area contributed by atoms with Crippen molar-refractivity contribution in [1.29, 1.82) is 0 Å². The molecule has 1 heterocycles. The normalized spacial score (nSPS) is 10.2. The predicted octanol–water partition coefficient (Wildman–Crippen LogP) is 1.41. The fraction of sp³-hybridized carbons (Fsp3) is 0.143. The standard InChI is InChI=1S/C14H15N3O3/c1-2-17-8-9(3-6-13(17)19)16-14(20)11-7-10(18)4-5-12(11)15/h3-8,18H,2,15H2,1H3,(H,16,20). The van der Waals surface area contributed by atoms with E-state index in [-0.39, 0.29) is 22.6 Å². The van der Waals surface area contributed by atoms with Crippen molar-refractivity contribution in [2.24, 2.45) is 0 Å². The molecule has 1 aromatic carbocycles. The van der Waals surface area contributed by atoms with Gasteiger partial charge in [-0.15, -0.1) is 0 Å². The second kappa shape index (κ2) is 5.48. The number of carbonyl (C=O) groups is 1. The fourth-order valence-corrected chi connectivity index (χ4v) is 1.79. The van der Waals surface area contributed by atoms with Crippen LogP contribution in [0.3, 0.4) is 0 Å². The smallest absolute Gasteiger partial charge is 0.257 e. The Balaban J connectivity index is 2.28. The number of aromatic hydroxyl groups is 1. The highest BCUT2D eigenvalue weighted by molar-refractivity contribution is 6.07. The molecule has 2 rings (SSSR count). The number of pyridine rings is 1. The number of anilines is 2. The molecule has 0 atom stereocenters. The summed E-state index contributed by atoms with van der Waals surface area (Å²) in [5, 5.41) is 12.0. The Morgan fingerprint density at radius 2 is 2.10 bits per heavy atom. The van der Waals surface area contributed by atoms with Crippen LogP contribution in [0.1, 0.15) is 17.3 Å². The van der Waals surface area contributed by atoms with Gasteiger partial charge in [-0.1, -0.05) is 0 Å². The molecule has 0 bridgehead atoms. The van der Waals surface area contributed by atoms with Crippen LogP contribution in [0.25, 0.3) is 0 Å². The van der Waals surface area contributed by atoms with Gasteiger partial charge in [0, 0.05) is 24.5 Å². The number of nitrogens with one attached hydrogen (secondary N) is 1. The van der Waals surface area contributed by atoms with Crippen molar-refractivity contribution in [3.05, 3.63) is 52.4 Å². The minimum absolute atomic E-state index is 0.0390. The van der Waals surface area contributed by atoms with Crippen molar-refractivity contribution in [2.45, 2.75) is 13.5 Å². The molecule has 0 fully saturated rings. The Morgan fingerprint density at radius 3 is 2.80 bits per heavy atom. The summed E-state index contributed by atoms with van der Waals surface area (Å²) in [6.45, 7) is 2.34. The lowest BCUT2D eigenvalue weighted by Gasteiger charge is -2.09. The van der Waals surface area contributed by atoms with Crippen LogP contribution in [0.2, 0.25) is 0 Å². The number of phenolic OH excluding ortho intramolecular Hbond substituents is 1. The average molecular weight is 273 g/mol. The van der Waals surface area contributed by atoms with Gasteiger partial charge in [-0.2, -0.15) is 0 Å². The van der Waals surface area contributed by atoms with E-state index in [1.54, 1.807) is 6.20 Å². The number of rotatable bonds is 3. The highest BCUT2D eigenvalue weighted by Gasteiger charge is 2.11. The van der Waals surface area contributed by atoms with Gasteiger partial charge in [0.1, 0.15) is 5.75 Å². The fourth-order valence-electron chi connectivity index (χ4n) is 1.79. The number of carbonyl (C=O) groups excluding carboxylic acids is 1. The summed E-state index contributed by atoms with van der Waals surface area (Å²) in [5.74, 6) is -0.484. The number of hydrogen-bond acceptors (Lipinski definition) is 4. The van der Waals surface area contributed by atoms with Crippen LogP contribution in [0.15, 0.2) is 41.3 Å². The summed E-state index contributed by atoms with van der Waals surface area (Å²) in [6.07, 6.45) is 1.55. The predicted molar refractivity (Wildman–Crippen MR) is 76.8 cm³/mol. The summed E-state index contributed by atoms with van der Waals surface area (Å²) in [6, 6.07) is 7.05. The first-order chi connectivity index (χ1) is 9.51. The number of amides is 1. The van der Waals surface area contributed by atoms with Crippen LogP contribution in [-0.2, 0) is 6.54 Å². The first-order valence-electron chi connectivity index (χ1n) is 6.11. The molecule has 1 aromatic heterocycles. The molecule has 0 saturated carbocycles. The van der Waals surface area contributed by atoms with E-state index in [1.807, 2.05) is 6.92 Å². The van der Waals surface area contributed by atoms with Gasteiger partial charge in [-0.25, -0.2) is 0 Å². The third-order valence-corrected chi connectivity index (χ3v) is 2.86. The van der Waals surface area contributed by atoms with E-state index >= 15 is 0 Å². The monoisotopic (exact) mass is 273 g/mol. The molecule has 104 valence electrons. The second-order valence-electron chi connectivity index (χ2n) is 4.27. The summed E-state index contributed by atoms with van der Waals surface area (Å²) in [4.78, 5) is 23.5. The number of nitrogen functional groups attached to an aromatic ring is 1. The third-order valence-electron chi connectivity index (χ3n) is 2.86. The van der Waals surface area contributed by atoms with Crippen molar-refractivity contribution in [1.82, 2.24) is 4.57 Å². The largest absolute Gasteiger partial charge is 0.508 e. The van der Waals surface area contributed by atoms with E-state index in [2.05, 4.69) is 5.32 Å². The van der Waals surface area contributed by atoms with Gasteiger partial charge in [0.2, 0.25) is 0 Å². The minimum atomic E-state index is -0.445. The molecule has 0 radical (unpaired) electrons. The maximum absolute atomic E-state index is 12.1. The van der Waals surface area contributed by atoms with E-state index in [0.717, 1.165) is 0 Å². The Morgan fingerprint density at radius 1 is 1.35 bits per heavy atom. The van der Waals surface area contributed by atoms with Crippen LogP contribution in [-0.4, -0.2) is 15.6 Å². The zero-order valence-electron chi connectivity index (χ0n) is 11.0. The summed E-state index contributed by atoms with van der Waals surface area (Å²) < 4.78 is 1.47. The summed E-state index contributed by atoms with van der Waals surface area (Å²) in [5.41, 5.74) is 6.49. The number of benzene rings is 1. The lowest BCUT2D eigenvalue weighted by molar-refractivity contribution is 0.102. The highest BCUT2D eigenvalue weighted by atomic mass is 16.3. The van der Waals surface area contributed by atoms with Gasteiger partial charge in [-0.3, -0.25) is 9.59 Å². The molecular formula is C14H15N3O3. The number of aryl methyl sites for hydroxylation is 1. The summed E-state index contributed by atoms with van der Waals surface area (Å²) in [7, 11) is 0. The first-order valence-corrected chi connectivity index (χ1v) is 6.11. The van der Waals surface area contributed by atoms with Crippen molar-refractivity contribution in [2.75, 3.05) is 11.1 Å². The molecule has 6 heteroatoms. The van der Waals surface area contributed by atoms with Crippen LogP contribution < -0.4 is 16.6 Å². The van der Waals surface area contributed by atoms with Crippen molar-refractivity contribution >= 4 is 17.3 Å². The number of nitrogens with two attached hydrogens (primary N) is 1. The van der Waals surface area contributed by atoms with Gasteiger partial charge in [0.05, 0.1) is 11.3 Å². The molecule has 0 aliphatic rings. The molecule has 1 amide bonds. The maximum Gasteiger partial charge on any atom is 0.257 e. The average Bonchev–Trinajstić information content (AvgIpc) is 2.43. The van der Waals surface area contributed by atoms with Gasteiger partial charge in [-0.05, 0) is 31.2 Å². The number of phenols is 1. The van der Waals surface area contributed by atoms with E-state index in [9.17, 15) is 14.7 Å². The minimum Gasteiger partial charge on any atom is -0.508 e. The molecule has 0 saturated heterocycles. The molecule has 6 nitrogen and oxygen atoms in total. The van der Waals surface area contributed by atoms with Crippen LogP contribution >= 0.6 is 0 Å². The van der Waals surface area contributed by atoms with Gasteiger partial charge >= 0.3 is 0 Å². The van der Waals surface area contributed by atoms with E-state index < -0.39 is 5.91 Å². The van der Waals surface area contributed by atoms with E-state index in [0.29, 0.717) is 12.2 Å². The zero-order chi connectivity index (χ0) is 14.7. The molecule has 0 aliphatic heterocycles. The van der Waals surface area contributed by atoms with E-state index in [1.165, 1.54) is 34.9 Å². The molecule has 20 heavy (non-hydrogen) atoms. The molecular weight excluding hydrogens is 258 g/mol. The topological polar surface area (TPSA) is 97.3 Å². The highest BCUT2D eigenvalue weighted by Crippen LogP contribution is 2.19. The number of nitrogens with zero attached hydrogens (tertiary/aromatic N) is 1. The van der Waals surface area contributed by atoms with Crippen LogP contribution in [0.5, 0.6) is 5.75 Å². The lowest BCUT2D eigenvalue weighted by Crippen LogP contribution is -2.20. The van der Waals surface area contributed by atoms with Crippen molar-refractivity contribution in [3.63, 3.8) is 0 Å². The molecule has 0 spiro atoms. The first kappa shape index (κ1) is 13.7. The Hall–Kier alpha value is -2.76. The quantitative estimate of drug-likeness (QED) is 0.581. The third kappa shape index (κ3) is 2.80. The lowest BCUT2D eigenvalue weighted by atomic mass is 10.1. The number of aromatic nitrogens is 1. The molecule has 2 aromatic rings. The van der Waals surface area contributed by atoms with Crippen LogP contribution in [0, 0.1) is 0 Å². The van der Waals surface area contributed by atoms with Crippen LogP contribution in [0.4, 0.5) is 11.4 Å². The summed E-state index contributed by atoms with van der Waals surface area (Å²) >= 11 is 0. The Kier molecular flexibility index (Phi) is 3.74. The maximum atomic E-state index is 12.1. The van der Waals surface area contributed by atoms with Gasteiger partial charge in [0.25, 0.3) is 11.5 Å². The SMILES string of the molecule is CCn1cc(NC(=O)c2cc(O)ccc2N)ccc1=O. The van der Waals surface area contributed by atoms with Crippen molar-refractivity contribution < 1.29 is 9.90 Å². The Labute approximate surface area is 115 Å². The molecule has 0 aliphatic carbocycles.